The molecule has 0 aromatic heterocycles. The highest BCUT2D eigenvalue weighted by molar-refractivity contribution is 6.13. The third kappa shape index (κ3) is 41.7. The van der Waals surface area contributed by atoms with Crippen LogP contribution in [0.2, 0.25) is 0 Å². The van der Waals surface area contributed by atoms with Crippen LogP contribution in [0.4, 0.5) is 24.9 Å². The Morgan fingerprint density at radius 1 is 0.565 bits per heavy atom. The molecule has 0 radical (unpaired) electrons. The lowest BCUT2D eigenvalue weighted by Crippen LogP contribution is -2.60. The number of imide groups is 1. The van der Waals surface area contributed by atoms with Gasteiger partial charge in [-0.2, -0.15) is 0 Å². The number of likely N-dealkylation sites (N-methyl/N-ethyl adjacent to an activating group) is 2. The highest BCUT2D eigenvalue weighted by atomic mass is 16.6. The van der Waals surface area contributed by atoms with Crippen molar-refractivity contribution in [1.82, 2.24) is 62.1 Å². The molecule has 12 N–H and O–H groups in total. The number of nitrogens with two attached hydrogens (primary N) is 1. The predicted molar refractivity (Wildman–Crippen MR) is 487 cm³/mol. The van der Waals surface area contributed by atoms with Gasteiger partial charge in [0.15, 0.2) is 0 Å². The maximum Gasteiger partial charge on any atom is 0.410 e. The molecular weight excluding hydrogens is 1700 g/mol. The molecule has 2 aromatic carbocycles. The number of aliphatic hydroxyl groups is 1. The molecule has 0 spiro atoms. The number of aliphatic hydroxyl groups excluding tert-OH is 1. The molecule has 0 aliphatic carbocycles. The number of alkyl carbamates (subject to hydrolysis) is 2. The molecule has 1 fully saturated rings. The first-order chi connectivity index (χ1) is 62.2. The van der Waals surface area contributed by atoms with Gasteiger partial charge in [0.05, 0.1) is 115 Å². The quantitative estimate of drug-likeness (QED) is 0.0203. The number of anilines is 1. The Labute approximate surface area is 772 Å². The van der Waals surface area contributed by atoms with Crippen LogP contribution in [-0.2, 0) is 102 Å². The Bertz CT molecular complexity index is 3880. The van der Waals surface area contributed by atoms with Crippen LogP contribution >= 0.6 is 0 Å². The minimum atomic E-state index is -1.26. The van der Waals surface area contributed by atoms with Gasteiger partial charge in [-0.1, -0.05) is 118 Å². The molecule has 1 saturated heterocycles. The summed E-state index contributed by atoms with van der Waals surface area (Å²) >= 11 is 0. The number of unbranched alkanes of at least 4 members (excludes halogenated alkanes) is 3. The van der Waals surface area contributed by atoms with Gasteiger partial charge in [0.2, 0.25) is 47.3 Å². The SMILES string of the molecule is CC[C@H](C)[C@@H]([C@H](CC(=O)N1CCC[C@H]1[C@H](OC)[C@@H](C)C(=O)N[C@@H](C)[C@H](O)c1ccccc1)OC)N(C)C(=O)[C@@H](NC(=O)[C@H](C(C)C)N(C)C(=O)OCc1ccc(NC(=O)[C@H](CCCNC(N)=O)NC(=O)[C@@H](NC(=O)[C@H](CCCCNC(=O)OCCOCCOCCOCCOCCOCCNC(=O)OC(C)(C)C)NC(=O)CCCCCN2C(=O)C=CC2=O)C(C)C)cc1)C(C)C. The van der Waals surface area contributed by atoms with E-state index >= 15 is 0 Å². The minimum Gasteiger partial charge on any atom is -0.447 e. The van der Waals surface area contributed by atoms with Crippen LogP contribution in [0.3, 0.4) is 0 Å². The second-order valence-corrected chi connectivity index (χ2v) is 34.9. The highest BCUT2D eigenvalue weighted by Gasteiger charge is 2.45. The van der Waals surface area contributed by atoms with Crippen molar-refractivity contribution < 1.29 is 120 Å². The van der Waals surface area contributed by atoms with E-state index in [4.69, 9.17) is 53.1 Å². The maximum absolute atomic E-state index is 14.9. The number of nitrogens with zero attached hydrogens (tertiary/aromatic N) is 4. The monoisotopic (exact) mass is 1850 g/mol. The van der Waals surface area contributed by atoms with Crippen LogP contribution in [0.25, 0.3) is 0 Å². The summed E-state index contributed by atoms with van der Waals surface area (Å²) in [6.07, 6.45) is 1.66. The molecule has 2 aliphatic rings. The van der Waals surface area contributed by atoms with Crippen LogP contribution in [0.5, 0.6) is 0 Å². The van der Waals surface area contributed by atoms with Crippen molar-refractivity contribution in [3.05, 3.63) is 77.9 Å². The maximum atomic E-state index is 14.9. The first kappa shape index (κ1) is 113. The third-order valence-corrected chi connectivity index (χ3v) is 22.4. The number of hydrogen-bond acceptors (Lipinski definition) is 25. The van der Waals surface area contributed by atoms with Crippen molar-refractivity contribution >= 4 is 89.1 Å². The number of carbonyl (C=O) groups is 14. The molecule has 39 heteroatoms. The first-order valence-corrected chi connectivity index (χ1v) is 45.7. The molecule has 0 bridgehead atoms. The average molecular weight is 1850 g/mol. The van der Waals surface area contributed by atoms with Gasteiger partial charge in [-0.15, -0.1) is 0 Å². The largest absolute Gasteiger partial charge is 0.447 e. The Morgan fingerprint density at radius 3 is 1.69 bits per heavy atom. The summed E-state index contributed by atoms with van der Waals surface area (Å²) in [4.78, 5) is 194. The topological polar surface area (TPSA) is 499 Å². The standard InChI is InChI=1S/C92H150N14O25/c1-18-62(8)79(71(122-16)57-75(110)105-45-28-33-70(105)81(123-17)63(9)82(112)97-64(10)80(111)66-29-21-19-22-30-66)103(14)87(117)77(60(4)5)102-86(116)78(61(6)7)104(15)91(121)130-58-65-35-37-67(38-36-65)98-83(113)69(32-27-42-94-88(93)118)100-85(115)76(59(2)3)101-84(114)68(99-72(107)34-23-20-26-44-106-73(108)39-40-74(106)109)31-24-25-41-95-89(119)129-56-55-128-54-53-127-52-51-126-50-49-125-48-47-124-46-43-96-90(120)131-92(11,12)13/h19,21-22,29-30,35-40,59-64,68-71,76-81,111H,18,20,23-28,31-34,41-58H2,1-17H3,(H,95,119)(H,96,120)(H,97,112)(H,98,113)(H,99,107)(H,100,115)(H,101,114)(H,102,116)(H3,93,94,118)/t62-,63+,64-,68-,69-,70-,71-,76-,77-,78-,79-,80-,81+/m0/s1. The normalized spacial score (nSPS) is 16.0. The van der Waals surface area contributed by atoms with Gasteiger partial charge in [0.1, 0.15) is 49.0 Å². The van der Waals surface area contributed by atoms with E-state index in [1.165, 1.54) is 50.5 Å². The van der Waals surface area contributed by atoms with E-state index in [0.29, 0.717) is 122 Å². The van der Waals surface area contributed by atoms with E-state index in [0.717, 1.165) is 9.80 Å². The number of rotatable bonds is 63. The molecular formula is C92H150N14O25. The van der Waals surface area contributed by atoms with Crippen molar-refractivity contribution in [2.24, 2.45) is 35.3 Å². The third-order valence-electron chi connectivity index (χ3n) is 22.4. The van der Waals surface area contributed by atoms with Crippen molar-refractivity contribution in [3.63, 3.8) is 0 Å². The van der Waals surface area contributed by atoms with Crippen LogP contribution in [-0.4, -0.2) is 308 Å². The van der Waals surface area contributed by atoms with E-state index in [2.05, 4.69) is 47.9 Å². The zero-order valence-corrected chi connectivity index (χ0v) is 79.9. The number of urea groups is 1. The zero-order chi connectivity index (χ0) is 97.3. The van der Waals surface area contributed by atoms with E-state index in [1.807, 2.05) is 32.0 Å². The molecule has 15 amide bonds. The highest BCUT2D eigenvalue weighted by Crippen LogP contribution is 2.31. The van der Waals surface area contributed by atoms with Crippen molar-refractivity contribution in [2.75, 3.05) is 139 Å². The zero-order valence-electron chi connectivity index (χ0n) is 79.9. The van der Waals surface area contributed by atoms with E-state index < -0.39 is 167 Å². The van der Waals surface area contributed by atoms with Gasteiger partial charge >= 0.3 is 24.3 Å². The Balaban J connectivity index is 1.33. The lowest BCUT2D eigenvalue weighted by Gasteiger charge is -2.41. The molecule has 738 valence electrons. The van der Waals surface area contributed by atoms with Gasteiger partial charge in [-0.25, -0.2) is 19.2 Å². The Hall–Kier alpha value is -10.2. The number of carbonyl (C=O) groups excluding carboxylic acids is 14. The van der Waals surface area contributed by atoms with E-state index in [-0.39, 0.29) is 108 Å². The summed E-state index contributed by atoms with van der Waals surface area (Å²) in [6, 6.07) is 6.78. The van der Waals surface area contributed by atoms with Crippen LogP contribution in [0.15, 0.2) is 66.7 Å². The second kappa shape index (κ2) is 60.8. The molecule has 131 heavy (non-hydrogen) atoms. The van der Waals surface area contributed by atoms with Crippen molar-refractivity contribution in [1.29, 1.82) is 0 Å². The van der Waals surface area contributed by atoms with E-state index in [1.54, 1.807) is 112 Å². The molecule has 2 aliphatic heterocycles. The van der Waals surface area contributed by atoms with Crippen molar-refractivity contribution in [2.45, 2.75) is 252 Å². The molecule has 2 aromatic rings. The summed E-state index contributed by atoms with van der Waals surface area (Å²) < 4.78 is 55.7. The average Bonchev–Trinajstić information content (AvgIpc) is 1.74. The Morgan fingerprint density at radius 2 is 1.13 bits per heavy atom. The molecule has 2 heterocycles. The van der Waals surface area contributed by atoms with Gasteiger partial charge in [0, 0.05) is 85.3 Å². The van der Waals surface area contributed by atoms with Crippen molar-refractivity contribution in [3.8, 4) is 0 Å². The van der Waals surface area contributed by atoms with Crippen LogP contribution in [0.1, 0.15) is 191 Å². The summed E-state index contributed by atoms with van der Waals surface area (Å²) in [5.74, 6) is -7.57. The number of likely N-dealkylation sites (tertiary alicyclic amines) is 1. The smallest absolute Gasteiger partial charge is 0.410 e. The number of primary amides is 1. The molecule has 4 rings (SSSR count). The van der Waals surface area contributed by atoms with Gasteiger partial charge < -0.3 is 116 Å². The predicted octanol–water partition coefficient (Wildman–Crippen LogP) is 6.07. The lowest BCUT2D eigenvalue weighted by molar-refractivity contribution is -0.148. The lowest BCUT2D eigenvalue weighted by atomic mass is 9.89. The molecule has 0 saturated carbocycles. The summed E-state index contributed by atoms with van der Waals surface area (Å²) in [6.45, 7) is 26.9. The van der Waals surface area contributed by atoms with Gasteiger partial charge in [-0.05, 0) is 132 Å². The van der Waals surface area contributed by atoms with Crippen LogP contribution < -0.4 is 53.6 Å². The first-order valence-electron chi connectivity index (χ1n) is 45.7. The van der Waals surface area contributed by atoms with Gasteiger partial charge in [0.25, 0.3) is 11.8 Å². The number of methoxy groups -OCH3 is 2. The molecule has 0 unspecified atom stereocenters. The fourth-order valence-electron chi connectivity index (χ4n) is 15.0. The number of nitrogens with one attached hydrogen (secondary N) is 9. The summed E-state index contributed by atoms with van der Waals surface area (Å²) in [7, 11) is 6.03. The fraction of sp³-hybridized carbons (Fsp3) is 0.696. The number of benzene rings is 2. The van der Waals surface area contributed by atoms with E-state index in [9.17, 15) is 72.2 Å². The summed E-state index contributed by atoms with van der Waals surface area (Å²) in [5, 5.41) is 35.7. The molecule has 13 atom stereocenters. The van der Waals surface area contributed by atoms with Gasteiger partial charge in [-0.3, -0.25) is 57.7 Å². The fourth-order valence-corrected chi connectivity index (χ4v) is 15.0. The number of ether oxygens (including phenoxy) is 10. The Kier molecular flexibility index (Phi) is 52.5. The minimum absolute atomic E-state index is 0.0155. The second-order valence-electron chi connectivity index (χ2n) is 34.9. The molecule has 39 nitrogen and oxygen atoms in total. The number of hydrogen-bond donors (Lipinski definition) is 11. The number of amides is 15. The summed E-state index contributed by atoms with van der Waals surface area (Å²) in [5.41, 5.74) is 6.16. The van der Waals surface area contributed by atoms with Crippen LogP contribution in [0, 0.1) is 29.6 Å².